The molecule has 6 heteroatoms. The number of thiocarbonyl (C=S) groups is 1. The molecule has 0 heterocycles. The van der Waals surface area contributed by atoms with Crippen LogP contribution in [0.2, 0.25) is 5.02 Å². The molecule has 0 saturated carbocycles. The van der Waals surface area contributed by atoms with E-state index in [1.54, 1.807) is 6.21 Å². The predicted molar refractivity (Wildman–Crippen MR) is 132 cm³/mol. The molecule has 0 aliphatic rings. The SMILES string of the molecule is CCCCCCCCCOc1ccc(/C=N\NC(=S)NCc2ccccc2)c(Cl)c1. The Bertz CT molecular complexity index is 783. The monoisotopic (exact) mass is 445 g/mol. The maximum absolute atomic E-state index is 6.35. The van der Waals surface area contributed by atoms with Gasteiger partial charge in [0.2, 0.25) is 0 Å². The summed E-state index contributed by atoms with van der Waals surface area (Å²) < 4.78 is 5.81. The van der Waals surface area contributed by atoms with Crippen molar-refractivity contribution in [3.63, 3.8) is 0 Å². The maximum Gasteiger partial charge on any atom is 0.187 e. The number of ether oxygens (including phenoxy) is 1. The molecule has 0 spiro atoms. The Morgan fingerprint density at radius 1 is 1.03 bits per heavy atom. The molecule has 2 N–H and O–H groups in total. The van der Waals surface area contributed by atoms with Gasteiger partial charge in [0.25, 0.3) is 0 Å². The highest BCUT2D eigenvalue weighted by Crippen LogP contribution is 2.21. The highest BCUT2D eigenvalue weighted by molar-refractivity contribution is 7.80. The molecule has 0 aromatic heterocycles. The molecule has 0 atom stereocenters. The molecule has 0 bridgehead atoms. The van der Waals surface area contributed by atoms with Crippen LogP contribution in [0, 0.1) is 0 Å². The Balaban J connectivity index is 1.66. The average Bonchev–Trinajstić information content (AvgIpc) is 2.76. The molecule has 2 aromatic rings. The Kier molecular flexibility index (Phi) is 11.9. The second-order valence-electron chi connectivity index (χ2n) is 7.19. The van der Waals surface area contributed by atoms with Gasteiger partial charge in [-0.15, -0.1) is 0 Å². The lowest BCUT2D eigenvalue weighted by atomic mass is 10.1. The van der Waals surface area contributed by atoms with Crippen molar-refractivity contribution in [3.05, 3.63) is 64.7 Å². The van der Waals surface area contributed by atoms with Crippen LogP contribution < -0.4 is 15.5 Å². The summed E-state index contributed by atoms with van der Waals surface area (Å²) in [7, 11) is 0. The van der Waals surface area contributed by atoms with E-state index in [1.807, 2.05) is 48.5 Å². The predicted octanol–water partition coefficient (Wildman–Crippen LogP) is 6.47. The third-order valence-electron chi connectivity index (χ3n) is 4.65. The van der Waals surface area contributed by atoms with Crippen molar-refractivity contribution >= 4 is 35.1 Å². The fraction of sp³-hybridized carbons (Fsp3) is 0.417. The van der Waals surface area contributed by atoms with E-state index in [0.717, 1.165) is 29.9 Å². The molecule has 162 valence electrons. The molecule has 30 heavy (non-hydrogen) atoms. The van der Waals surface area contributed by atoms with Gasteiger partial charge < -0.3 is 10.1 Å². The highest BCUT2D eigenvalue weighted by atomic mass is 35.5. The molecule has 2 aromatic carbocycles. The molecule has 0 radical (unpaired) electrons. The summed E-state index contributed by atoms with van der Waals surface area (Å²) in [6.45, 7) is 3.61. The van der Waals surface area contributed by atoms with Crippen LogP contribution in [0.1, 0.15) is 63.0 Å². The van der Waals surface area contributed by atoms with Crippen LogP contribution in [-0.4, -0.2) is 17.9 Å². The van der Waals surface area contributed by atoms with Crippen LogP contribution in [0.5, 0.6) is 5.75 Å². The van der Waals surface area contributed by atoms with Crippen molar-refractivity contribution in [3.8, 4) is 5.75 Å². The summed E-state index contributed by atoms with van der Waals surface area (Å²) in [6.07, 6.45) is 10.5. The number of unbranched alkanes of at least 4 members (excludes halogenated alkanes) is 6. The zero-order valence-electron chi connectivity index (χ0n) is 17.7. The first-order valence-electron chi connectivity index (χ1n) is 10.7. The summed E-state index contributed by atoms with van der Waals surface area (Å²) in [5.74, 6) is 0.788. The first-order chi connectivity index (χ1) is 14.7. The third-order valence-corrected chi connectivity index (χ3v) is 5.22. The van der Waals surface area contributed by atoms with E-state index in [4.69, 9.17) is 28.6 Å². The van der Waals surface area contributed by atoms with Crippen LogP contribution in [0.25, 0.3) is 0 Å². The fourth-order valence-electron chi connectivity index (χ4n) is 2.93. The van der Waals surface area contributed by atoms with Gasteiger partial charge in [-0.3, -0.25) is 5.43 Å². The third kappa shape index (κ3) is 10.1. The highest BCUT2D eigenvalue weighted by Gasteiger charge is 2.02. The number of benzene rings is 2. The number of hydrogen-bond donors (Lipinski definition) is 2. The second-order valence-corrected chi connectivity index (χ2v) is 8.01. The minimum absolute atomic E-state index is 0.459. The van der Waals surface area contributed by atoms with E-state index in [0.29, 0.717) is 16.7 Å². The molecule has 0 saturated heterocycles. The van der Waals surface area contributed by atoms with E-state index in [-0.39, 0.29) is 0 Å². The van der Waals surface area contributed by atoms with Gasteiger partial charge in [-0.05, 0) is 42.4 Å². The molecule has 4 nitrogen and oxygen atoms in total. The Morgan fingerprint density at radius 2 is 1.77 bits per heavy atom. The van der Waals surface area contributed by atoms with Gasteiger partial charge in [0, 0.05) is 12.1 Å². The largest absolute Gasteiger partial charge is 0.494 e. The standard InChI is InChI=1S/C24H32ClN3OS/c1-2-3-4-5-6-7-11-16-29-22-15-14-21(23(25)17-22)19-27-28-24(30)26-18-20-12-9-8-10-13-20/h8-10,12-15,17,19H,2-7,11,16,18H2,1H3,(H2,26,28,30)/b27-19-. The van der Waals surface area contributed by atoms with Crippen molar-refractivity contribution < 1.29 is 4.74 Å². The van der Waals surface area contributed by atoms with E-state index in [2.05, 4.69) is 22.8 Å². The second kappa shape index (κ2) is 14.8. The topological polar surface area (TPSA) is 45.6 Å². The van der Waals surface area contributed by atoms with Gasteiger partial charge in [-0.2, -0.15) is 5.10 Å². The minimum atomic E-state index is 0.459. The van der Waals surface area contributed by atoms with Gasteiger partial charge in [0.05, 0.1) is 17.8 Å². The first-order valence-corrected chi connectivity index (χ1v) is 11.5. The van der Waals surface area contributed by atoms with Crippen LogP contribution >= 0.6 is 23.8 Å². The minimum Gasteiger partial charge on any atom is -0.494 e. The molecule has 0 fully saturated rings. The lowest BCUT2D eigenvalue weighted by molar-refractivity contribution is 0.304. The maximum atomic E-state index is 6.35. The Labute approximate surface area is 191 Å². The van der Waals surface area contributed by atoms with Crippen LogP contribution in [-0.2, 0) is 6.54 Å². The molecular formula is C24H32ClN3OS. The summed E-state index contributed by atoms with van der Waals surface area (Å²) in [6, 6.07) is 15.7. The number of halogens is 1. The summed E-state index contributed by atoms with van der Waals surface area (Å²) >= 11 is 11.6. The fourth-order valence-corrected chi connectivity index (χ4v) is 3.27. The lowest BCUT2D eigenvalue weighted by Crippen LogP contribution is -2.31. The van der Waals surface area contributed by atoms with Crippen molar-refractivity contribution in [2.75, 3.05) is 6.61 Å². The number of hydrogen-bond acceptors (Lipinski definition) is 3. The molecule has 0 amide bonds. The first kappa shape index (κ1) is 24.2. The van der Waals surface area contributed by atoms with E-state index >= 15 is 0 Å². The van der Waals surface area contributed by atoms with Crippen LogP contribution in [0.15, 0.2) is 53.6 Å². The van der Waals surface area contributed by atoms with Gasteiger partial charge in [-0.25, -0.2) is 0 Å². The zero-order valence-corrected chi connectivity index (χ0v) is 19.3. The van der Waals surface area contributed by atoms with Gasteiger partial charge in [0.1, 0.15) is 5.75 Å². The van der Waals surface area contributed by atoms with Crippen molar-refractivity contribution in [2.24, 2.45) is 5.10 Å². The molecule has 2 rings (SSSR count). The number of nitrogens with zero attached hydrogens (tertiary/aromatic N) is 1. The Morgan fingerprint density at radius 3 is 2.50 bits per heavy atom. The molecule has 0 unspecified atom stereocenters. The van der Waals surface area contributed by atoms with E-state index in [9.17, 15) is 0 Å². The van der Waals surface area contributed by atoms with Crippen LogP contribution in [0.4, 0.5) is 0 Å². The molecular weight excluding hydrogens is 414 g/mol. The van der Waals surface area contributed by atoms with E-state index in [1.165, 1.54) is 38.5 Å². The summed E-state index contributed by atoms with van der Waals surface area (Å²) in [5, 5.41) is 8.32. The lowest BCUT2D eigenvalue weighted by Gasteiger charge is -2.08. The number of nitrogens with one attached hydrogen (secondary N) is 2. The van der Waals surface area contributed by atoms with Crippen molar-refractivity contribution in [1.29, 1.82) is 0 Å². The normalized spacial score (nSPS) is 10.9. The quantitative estimate of drug-likeness (QED) is 0.160. The van der Waals surface area contributed by atoms with Gasteiger partial charge in [0.15, 0.2) is 5.11 Å². The molecule has 0 aliphatic heterocycles. The van der Waals surface area contributed by atoms with Crippen LogP contribution in [0.3, 0.4) is 0 Å². The zero-order chi connectivity index (χ0) is 21.4. The number of rotatable bonds is 13. The van der Waals surface area contributed by atoms with E-state index < -0.39 is 0 Å². The smallest absolute Gasteiger partial charge is 0.187 e. The van der Waals surface area contributed by atoms with Crippen molar-refractivity contribution in [2.45, 2.75) is 58.4 Å². The average molecular weight is 446 g/mol. The van der Waals surface area contributed by atoms with Gasteiger partial charge in [-0.1, -0.05) is 87.4 Å². The summed E-state index contributed by atoms with van der Waals surface area (Å²) in [4.78, 5) is 0. The van der Waals surface area contributed by atoms with Crippen molar-refractivity contribution in [1.82, 2.24) is 10.7 Å². The van der Waals surface area contributed by atoms with Gasteiger partial charge >= 0.3 is 0 Å². The number of hydrazone groups is 1. The Hall–Kier alpha value is -2.11. The molecule has 0 aliphatic carbocycles. The summed E-state index contributed by atoms with van der Waals surface area (Å²) in [5.41, 5.74) is 4.77.